The molecule has 2 heterocycles. The minimum absolute atomic E-state index is 0.00540. The summed E-state index contributed by atoms with van der Waals surface area (Å²) in [6.07, 6.45) is 3.10. The number of benzene rings is 3. The molecule has 0 spiro atoms. The zero-order valence-electron chi connectivity index (χ0n) is 26.0. The van der Waals surface area contributed by atoms with Gasteiger partial charge in [-0.3, -0.25) is 19.5 Å². The highest BCUT2D eigenvalue weighted by Gasteiger charge is 2.34. The molecule has 0 N–H and O–H groups in total. The average Bonchev–Trinajstić information content (AvgIpc) is 3.34. The van der Waals surface area contributed by atoms with Crippen molar-refractivity contribution in [3.8, 4) is 5.75 Å². The fraction of sp³-hybridized carbons (Fsp3) is 0.286. The normalized spacial score (nSPS) is 14.7. The fourth-order valence-electron chi connectivity index (χ4n) is 5.28. The quantitative estimate of drug-likeness (QED) is 0.0949. The molecule has 1 aliphatic heterocycles. The molecule has 1 aromatic heterocycles. The number of nitro groups is 1. The fourth-order valence-corrected chi connectivity index (χ4v) is 6.67. The number of thiazole rings is 1. The predicted octanol–water partition coefficient (Wildman–Crippen LogP) is 6.95. The molecule has 0 amide bonds. The Morgan fingerprint density at radius 2 is 1.83 bits per heavy atom. The van der Waals surface area contributed by atoms with Crippen LogP contribution in [0, 0.1) is 10.1 Å². The van der Waals surface area contributed by atoms with Crippen molar-refractivity contribution in [2.45, 2.75) is 59.1 Å². The standard InChI is InChI=1S/C35H34BrN3O6S/c1-5-7-28-31(34(41)44-6-2)32(24-12-10-23(11-13-24)21(3)4)38-33(40)30(46-35(38)37-28)19-25-18-26(36)14-17-29(25)45-20-22-8-15-27(16-9-22)39(42)43/h8-19,21,32H,5-7,20H2,1-4H3/b30-19-/t32-/m0/s1. The van der Waals surface area contributed by atoms with Crippen LogP contribution in [0.5, 0.6) is 5.75 Å². The van der Waals surface area contributed by atoms with Gasteiger partial charge in [0.2, 0.25) is 0 Å². The van der Waals surface area contributed by atoms with Gasteiger partial charge in [0.15, 0.2) is 4.80 Å². The molecule has 0 unspecified atom stereocenters. The Morgan fingerprint density at radius 3 is 2.46 bits per heavy atom. The second-order valence-corrected chi connectivity index (χ2v) is 13.1. The van der Waals surface area contributed by atoms with Crippen LogP contribution in [-0.4, -0.2) is 22.1 Å². The van der Waals surface area contributed by atoms with Gasteiger partial charge in [-0.2, -0.15) is 0 Å². The molecule has 5 rings (SSSR count). The Bertz CT molecular complexity index is 1980. The number of carbonyl (C=O) groups excluding carboxylic acids is 1. The molecule has 1 atom stereocenters. The molecule has 46 heavy (non-hydrogen) atoms. The van der Waals surface area contributed by atoms with E-state index in [0.29, 0.717) is 44.3 Å². The van der Waals surface area contributed by atoms with E-state index >= 15 is 0 Å². The Labute approximate surface area is 278 Å². The maximum atomic E-state index is 14.2. The van der Waals surface area contributed by atoms with Crippen molar-refractivity contribution >= 4 is 45.0 Å². The number of hydrogen-bond donors (Lipinski definition) is 0. The third-order valence-electron chi connectivity index (χ3n) is 7.61. The van der Waals surface area contributed by atoms with Crippen LogP contribution >= 0.6 is 27.3 Å². The summed E-state index contributed by atoms with van der Waals surface area (Å²) < 4.78 is 14.5. The van der Waals surface area contributed by atoms with E-state index in [-0.39, 0.29) is 24.5 Å². The van der Waals surface area contributed by atoms with Crippen molar-refractivity contribution in [1.82, 2.24) is 4.57 Å². The number of allylic oxidation sites excluding steroid dienone is 1. The monoisotopic (exact) mass is 703 g/mol. The first-order chi connectivity index (χ1) is 22.1. The summed E-state index contributed by atoms with van der Waals surface area (Å²) in [6.45, 7) is 8.41. The first-order valence-electron chi connectivity index (χ1n) is 15.1. The van der Waals surface area contributed by atoms with Crippen LogP contribution in [0.2, 0.25) is 0 Å². The molecule has 0 saturated heterocycles. The van der Waals surface area contributed by atoms with E-state index in [1.165, 1.54) is 23.5 Å². The van der Waals surface area contributed by atoms with E-state index in [9.17, 15) is 19.7 Å². The number of nitro benzene ring substituents is 1. The summed E-state index contributed by atoms with van der Waals surface area (Å²) >= 11 is 4.79. The number of ether oxygens (including phenoxy) is 2. The number of rotatable bonds is 11. The first kappa shape index (κ1) is 33.0. The third kappa shape index (κ3) is 7.05. The SMILES string of the molecule is CCCC1=C(C(=O)OCC)[C@H](c2ccc(C(C)C)cc2)n2c(s/c(=C\c3cc(Br)ccc3OCc3ccc([N+](=O)[O-])cc3)c2=O)=N1. The van der Waals surface area contributed by atoms with Gasteiger partial charge < -0.3 is 9.47 Å². The molecule has 0 radical (unpaired) electrons. The lowest BCUT2D eigenvalue weighted by atomic mass is 9.92. The summed E-state index contributed by atoms with van der Waals surface area (Å²) in [5, 5.41) is 11.0. The lowest BCUT2D eigenvalue weighted by Crippen LogP contribution is -2.40. The minimum Gasteiger partial charge on any atom is -0.488 e. The van der Waals surface area contributed by atoms with Crippen molar-refractivity contribution in [3.05, 3.63) is 135 Å². The molecular formula is C35H34BrN3O6S. The van der Waals surface area contributed by atoms with Crippen LogP contribution < -0.4 is 19.6 Å². The molecular weight excluding hydrogens is 670 g/mol. The van der Waals surface area contributed by atoms with Crippen LogP contribution in [0.15, 0.2) is 92.3 Å². The summed E-state index contributed by atoms with van der Waals surface area (Å²) in [7, 11) is 0. The summed E-state index contributed by atoms with van der Waals surface area (Å²) in [5.41, 5.74) is 4.12. The number of fused-ring (bicyclic) bond motifs is 1. The topological polar surface area (TPSA) is 113 Å². The largest absolute Gasteiger partial charge is 0.488 e. The number of aromatic nitrogens is 1. The van der Waals surface area contributed by atoms with Crippen LogP contribution in [-0.2, 0) is 16.1 Å². The minimum atomic E-state index is -0.694. The number of halogens is 1. The van der Waals surface area contributed by atoms with Crippen LogP contribution in [0.1, 0.15) is 74.8 Å². The van der Waals surface area contributed by atoms with Gasteiger partial charge in [-0.15, -0.1) is 0 Å². The Balaban J connectivity index is 1.61. The van der Waals surface area contributed by atoms with Crippen LogP contribution in [0.25, 0.3) is 6.08 Å². The summed E-state index contributed by atoms with van der Waals surface area (Å²) in [4.78, 5) is 43.6. The van der Waals surface area contributed by atoms with Gasteiger partial charge >= 0.3 is 5.97 Å². The van der Waals surface area contributed by atoms with Gasteiger partial charge in [-0.05, 0) is 72.4 Å². The maximum Gasteiger partial charge on any atom is 0.338 e. The van der Waals surface area contributed by atoms with Crippen molar-refractivity contribution in [2.24, 2.45) is 4.99 Å². The number of non-ortho nitro benzene ring substituents is 1. The highest BCUT2D eigenvalue weighted by molar-refractivity contribution is 9.10. The van der Waals surface area contributed by atoms with Gasteiger partial charge in [0.05, 0.1) is 33.4 Å². The molecule has 238 valence electrons. The average molecular weight is 705 g/mol. The zero-order valence-corrected chi connectivity index (χ0v) is 28.4. The third-order valence-corrected chi connectivity index (χ3v) is 9.09. The number of carbonyl (C=O) groups is 1. The highest BCUT2D eigenvalue weighted by Crippen LogP contribution is 2.33. The van der Waals surface area contributed by atoms with Crippen LogP contribution in [0.3, 0.4) is 0 Å². The van der Waals surface area contributed by atoms with E-state index in [1.807, 2.05) is 43.3 Å². The Kier molecular flexibility index (Phi) is 10.3. The maximum absolute atomic E-state index is 14.2. The van der Waals surface area contributed by atoms with Crippen molar-refractivity contribution < 1.29 is 19.2 Å². The molecule has 1 aliphatic rings. The van der Waals surface area contributed by atoms with Crippen LogP contribution in [0.4, 0.5) is 5.69 Å². The van der Waals surface area contributed by atoms with E-state index in [1.54, 1.807) is 35.8 Å². The molecule has 11 heteroatoms. The van der Waals surface area contributed by atoms with E-state index in [4.69, 9.17) is 14.5 Å². The van der Waals surface area contributed by atoms with E-state index < -0.39 is 16.9 Å². The van der Waals surface area contributed by atoms with Gasteiger partial charge in [0.1, 0.15) is 12.4 Å². The second-order valence-electron chi connectivity index (χ2n) is 11.1. The molecule has 0 bridgehead atoms. The Hall–Kier alpha value is -4.35. The van der Waals surface area contributed by atoms with Gasteiger partial charge in [0.25, 0.3) is 11.2 Å². The number of esters is 1. The smallest absolute Gasteiger partial charge is 0.338 e. The molecule has 0 saturated carbocycles. The molecule has 4 aromatic rings. The highest BCUT2D eigenvalue weighted by atomic mass is 79.9. The molecule has 9 nitrogen and oxygen atoms in total. The summed E-state index contributed by atoms with van der Waals surface area (Å²) in [6, 6.07) is 19.0. The van der Waals surface area contributed by atoms with Crippen molar-refractivity contribution in [2.75, 3.05) is 6.61 Å². The number of nitrogens with zero attached hydrogens (tertiary/aromatic N) is 3. The first-order valence-corrected chi connectivity index (χ1v) is 16.7. The lowest BCUT2D eigenvalue weighted by molar-refractivity contribution is -0.384. The lowest BCUT2D eigenvalue weighted by Gasteiger charge is -2.26. The van der Waals surface area contributed by atoms with E-state index in [2.05, 4.69) is 29.8 Å². The molecule has 0 fully saturated rings. The number of hydrogen-bond acceptors (Lipinski definition) is 8. The summed E-state index contributed by atoms with van der Waals surface area (Å²) in [5.74, 6) is 0.386. The molecule has 0 aliphatic carbocycles. The van der Waals surface area contributed by atoms with Gasteiger partial charge in [-0.25, -0.2) is 9.79 Å². The Morgan fingerprint density at radius 1 is 1.11 bits per heavy atom. The predicted molar refractivity (Wildman–Crippen MR) is 182 cm³/mol. The van der Waals surface area contributed by atoms with Crippen molar-refractivity contribution in [1.29, 1.82) is 0 Å². The van der Waals surface area contributed by atoms with E-state index in [0.717, 1.165) is 27.6 Å². The molecule has 3 aromatic carbocycles. The van der Waals surface area contributed by atoms with Gasteiger partial charge in [-0.1, -0.05) is 78.7 Å². The second kappa shape index (κ2) is 14.4. The van der Waals surface area contributed by atoms with Crippen molar-refractivity contribution in [3.63, 3.8) is 0 Å². The zero-order chi connectivity index (χ0) is 33.0. The van der Waals surface area contributed by atoms with Gasteiger partial charge in [0, 0.05) is 22.2 Å².